The molecule has 28 heteroatoms. The number of likely N-dealkylation sites (tertiary alicyclic amines) is 4. The predicted octanol–water partition coefficient (Wildman–Crippen LogP) is -0.542. The number of guanidine groups is 1. The highest BCUT2D eigenvalue weighted by molar-refractivity contribution is 7.98. The van der Waals surface area contributed by atoms with Crippen LogP contribution >= 0.6 is 11.8 Å². The minimum Gasteiger partial charge on any atom is -0.467 e. The molecule has 4 saturated heterocycles. The molecule has 4 aliphatic rings. The number of carbonyl (C=O) groups excluding carboxylic acids is 11. The van der Waals surface area contributed by atoms with Gasteiger partial charge >= 0.3 is 5.97 Å². The molecule has 6 rings (SSSR count). The van der Waals surface area contributed by atoms with Gasteiger partial charge < -0.3 is 79.2 Å². The van der Waals surface area contributed by atoms with Gasteiger partial charge in [0.2, 0.25) is 59.1 Å². The van der Waals surface area contributed by atoms with Gasteiger partial charge in [0.05, 0.1) is 19.7 Å². The smallest absolute Gasteiger partial charge is 0.328 e. The Bertz CT molecular complexity index is 2870. The summed E-state index contributed by atoms with van der Waals surface area (Å²) in [5, 5.41) is 16.6. The van der Waals surface area contributed by atoms with Crippen LogP contribution in [0.25, 0.3) is 0 Å². The summed E-state index contributed by atoms with van der Waals surface area (Å²) in [6.45, 7) is 4.78. The number of hydrogen-bond acceptors (Lipinski definition) is 16. The molecule has 14 N–H and O–H groups in total. The highest BCUT2D eigenvalue weighted by Gasteiger charge is 2.47. The monoisotopic (exact) mass is 1300 g/mol. The van der Waals surface area contributed by atoms with Crippen molar-refractivity contribution in [3.63, 3.8) is 0 Å². The maximum Gasteiger partial charge on any atom is 0.328 e. The zero-order chi connectivity index (χ0) is 66.9. The van der Waals surface area contributed by atoms with Crippen molar-refractivity contribution in [2.75, 3.05) is 64.9 Å². The largest absolute Gasteiger partial charge is 0.467 e. The molecule has 0 aromatic heterocycles. The summed E-state index contributed by atoms with van der Waals surface area (Å²) in [5.74, 6) is -5.75. The van der Waals surface area contributed by atoms with Crippen molar-refractivity contribution >= 4 is 82.8 Å². The van der Waals surface area contributed by atoms with E-state index >= 15 is 0 Å². The van der Waals surface area contributed by atoms with Crippen molar-refractivity contribution in [3.05, 3.63) is 71.8 Å². The third-order valence-corrected chi connectivity index (χ3v) is 17.8. The fraction of sp³-hybridized carbons (Fsp3) is 0.625. The Labute approximate surface area is 543 Å². The maximum atomic E-state index is 14.9. The molecule has 92 heavy (non-hydrogen) atoms. The number of methoxy groups -OCH3 is 1. The van der Waals surface area contributed by atoms with Crippen LogP contribution in [0.3, 0.4) is 0 Å². The number of benzene rings is 2. The number of nitrogens with two attached hydrogens (primary N) is 4. The Kier molecular flexibility index (Phi) is 29.4. The molecule has 0 bridgehead atoms. The van der Waals surface area contributed by atoms with Gasteiger partial charge in [0.15, 0.2) is 5.96 Å². The summed E-state index contributed by atoms with van der Waals surface area (Å²) in [5.41, 5.74) is 24.3. The van der Waals surface area contributed by atoms with Gasteiger partial charge in [-0.15, -0.1) is 0 Å². The van der Waals surface area contributed by atoms with Crippen LogP contribution in [0.5, 0.6) is 0 Å². The van der Waals surface area contributed by atoms with Crippen molar-refractivity contribution in [1.82, 2.24) is 51.5 Å². The number of carbonyl (C=O) groups is 11. The summed E-state index contributed by atoms with van der Waals surface area (Å²) in [4.78, 5) is 165. The van der Waals surface area contributed by atoms with E-state index in [-0.39, 0.29) is 63.6 Å². The van der Waals surface area contributed by atoms with Gasteiger partial charge in [-0.3, -0.25) is 52.9 Å². The van der Waals surface area contributed by atoms with Crippen molar-refractivity contribution < 1.29 is 57.5 Å². The Hall–Kier alpha value is -7.85. The second-order valence-corrected chi connectivity index (χ2v) is 25.5. The number of ether oxygens (including phenoxy) is 1. The first-order valence-corrected chi connectivity index (χ1v) is 33.7. The predicted molar refractivity (Wildman–Crippen MR) is 347 cm³/mol. The van der Waals surface area contributed by atoms with E-state index in [2.05, 4.69) is 36.9 Å². The zero-order valence-electron chi connectivity index (χ0n) is 53.7. The van der Waals surface area contributed by atoms with Crippen LogP contribution in [0.1, 0.15) is 121 Å². The highest BCUT2D eigenvalue weighted by atomic mass is 32.2. The van der Waals surface area contributed by atoms with Gasteiger partial charge in [-0.2, -0.15) is 11.8 Å². The first-order chi connectivity index (χ1) is 44.1. The van der Waals surface area contributed by atoms with Gasteiger partial charge in [0, 0.05) is 45.6 Å². The molecular formula is C64H97N15O12S. The lowest BCUT2D eigenvalue weighted by atomic mass is 10.0. The molecule has 506 valence electrons. The van der Waals surface area contributed by atoms with Crippen molar-refractivity contribution in [3.8, 4) is 0 Å². The molecular weight excluding hydrogens is 1200 g/mol. The minimum absolute atomic E-state index is 0.00922. The highest BCUT2D eigenvalue weighted by Crippen LogP contribution is 2.30. The first-order valence-electron chi connectivity index (χ1n) is 32.3. The second kappa shape index (κ2) is 37.0. The third-order valence-electron chi connectivity index (χ3n) is 17.2. The third kappa shape index (κ3) is 21.4. The Balaban J connectivity index is 1.13. The van der Waals surface area contributed by atoms with Gasteiger partial charge in [0.1, 0.15) is 54.4 Å². The summed E-state index contributed by atoms with van der Waals surface area (Å²) in [6, 6.07) is 7.57. The molecule has 0 unspecified atom stereocenters. The molecule has 2 aromatic carbocycles. The number of amides is 10. The van der Waals surface area contributed by atoms with Crippen LogP contribution < -0.4 is 54.8 Å². The summed E-state index contributed by atoms with van der Waals surface area (Å²) in [6.07, 6.45) is 7.65. The van der Waals surface area contributed by atoms with E-state index < -0.39 is 132 Å². The van der Waals surface area contributed by atoms with Crippen LogP contribution in [-0.2, 0) is 70.3 Å². The van der Waals surface area contributed by atoms with E-state index in [1.807, 2.05) is 20.1 Å². The van der Waals surface area contributed by atoms with E-state index in [0.717, 1.165) is 0 Å². The van der Waals surface area contributed by atoms with Crippen LogP contribution in [0.2, 0.25) is 0 Å². The first kappa shape index (κ1) is 73.2. The van der Waals surface area contributed by atoms with E-state index in [1.165, 1.54) is 38.5 Å². The molecule has 2 aromatic rings. The molecule has 0 aliphatic carbocycles. The normalized spacial score (nSPS) is 19.8. The fourth-order valence-electron chi connectivity index (χ4n) is 12.4. The van der Waals surface area contributed by atoms with Gasteiger partial charge in [-0.05, 0) is 132 Å². The molecule has 0 spiro atoms. The molecule has 4 aliphatic heterocycles. The number of esters is 1. The SMILES string of the molecule is COC(=O)[C@@H](CCSC)NC(=O)[C@H](CC(C)C)NC(=O)CNC(=O)[C@H](Cc1ccccc1)NC(=O)[C@H](Cc1ccccc1)NC(=O)[C@@H]1CCCN1C(=O)[C@H]1CCCN1C(=O)[C@@H]1CCCN1C(=O)[C@H](CCCCN)NC(=O)[C@@H]1CCCN1C(=O)[C@@H](N)CCCN=C(N)N. The van der Waals surface area contributed by atoms with E-state index in [9.17, 15) is 52.7 Å². The molecule has 10 amide bonds. The van der Waals surface area contributed by atoms with E-state index in [4.69, 9.17) is 27.7 Å². The lowest BCUT2D eigenvalue weighted by Crippen LogP contribution is -2.60. The molecule has 27 nitrogen and oxygen atoms in total. The topological polar surface area (TPSA) is 399 Å². The number of hydrogen-bond donors (Lipinski definition) is 10. The quantitative estimate of drug-likeness (QED) is 0.0182. The molecule has 4 fully saturated rings. The maximum absolute atomic E-state index is 14.9. The van der Waals surface area contributed by atoms with Gasteiger partial charge in [0.25, 0.3) is 0 Å². The van der Waals surface area contributed by atoms with Crippen molar-refractivity contribution in [2.24, 2.45) is 33.8 Å². The van der Waals surface area contributed by atoms with Crippen molar-refractivity contribution in [2.45, 2.75) is 183 Å². The average Bonchev–Trinajstić information content (AvgIpc) is 1.62. The summed E-state index contributed by atoms with van der Waals surface area (Å²) >= 11 is 1.49. The van der Waals surface area contributed by atoms with E-state index in [1.54, 1.807) is 60.7 Å². The fourth-order valence-corrected chi connectivity index (χ4v) is 12.9. The standard InChI is InChI=1S/C64H97N15O12S/c1-40(2)36-46(55(82)73-45(28-35-92-4)63(90)91-3)71-53(80)39-70-54(81)47(37-41-18-7-5-8-19-41)74-56(83)48(38-42-20-9-6-10-21-42)75-58(85)50-25-15-32-77(50)61(88)52-27-17-34-79(52)62(89)51-26-16-33-78(51)60(87)44(23-11-12-29-65)72-57(84)49-24-14-31-76(49)59(86)43(66)22-13-30-69-64(67)68/h5-10,18-21,40,43-52H,11-17,22-39,65-66H2,1-4H3,(H,70,81)(H,71,80)(H,72,84)(H,73,82)(H,74,83)(H,75,85)(H4,67,68,69)/t43-,44-,45+,46-,47-,48-,49-,50-,51-,52+/m0/s1. The Morgan fingerprint density at radius 2 is 1.07 bits per heavy atom. The number of aliphatic imine (C=N–C) groups is 1. The number of nitrogens with zero attached hydrogens (tertiary/aromatic N) is 5. The van der Waals surface area contributed by atoms with Gasteiger partial charge in [-0.25, -0.2) is 4.79 Å². The summed E-state index contributed by atoms with van der Waals surface area (Å²) in [7, 11) is 1.22. The van der Waals surface area contributed by atoms with Crippen LogP contribution in [0, 0.1) is 5.92 Å². The lowest BCUT2D eigenvalue weighted by Gasteiger charge is -2.35. The minimum atomic E-state index is -1.27. The molecule has 0 radical (unpaired) electrons. The second-order valence-electron chi connectivity index (χ2n) is 24.5. The molecule has 10 atom stereocenters. The number of nitrogens with one attached hydrogen (secondary N) is 6. The molecule has 4 heterocycles. The Morgan fingerprint density at radius 1 is 0.576 bits per heavy atom. The van der Waals surface area contributed by atoms with Crippen LogP contribution in [-0.4, -0.2) is 216 Å². The van der Waals surface area contributed by atoms with Gasteiger partial charge in [-0.1, -0.05) is 74.5 Å². The van der Waals surface area contributed by atoms with Crippen LogP contribution in [0.15, 0.2) is 65.7 Å². The molecule has 0 saturated carbocycles. The number of unbranched alkanes of at least 4 members (excludes halogenated alkanes) is 1. The Morgan fingerprint density at radius 3 is 1.61 bits per heavy atom. The average molecular weight is 1300 g/mol. The lowest BCUT2D eigenvalue weighted by molar-refractivity contribution is -0.151. The zero-order valence-corrected chi connectivity index (χ0v) is 54.5. The van der Waals surface area contributed by atoms with Crippen molar-refractivity contribution in [1.29, 1.82) is 0 Å². The summed E-state index contributed by atoms with van der Waals surface area (Å²) < 4.78 is 4.90. The number of rotatable bonds is 34. The van der Waals surface area contributed by atoms with E-state index in [0.29, 0.717) is 114 Å². The number of thioether (sulfide) groups is 1. The van der Waals surface area contributed by atoms with Crippen LogP contribution in [0.4, 0.5) is 0 Å².